The van der Waals surface area contributed by atoms with E-state index in [2.05, 4.69) is 29.6 Å². The minimum atomic E-state index is 0.276. The quantitative estimate of drug-likeness (QED) is 0.704. The van der Waals surface area contributed by atoms with E-state index in [0.717, 1.165) is 6.54 Å². The molecule has 1 aromatic carbocycles. The average molecular weight is 237 g/mol. The molecule has 0 spiro atoms. The van der Waals surface area contributed by atoms with Gasteiger partial charge in [-0.1, -0.05) is 24.3 Å². The van der Waals surface area contributed by atoms with Crippen molar-refractivity contribution in [1.29, 1.82) is 0 Å². The van der Waals surface area contributed by atoms with Crippen LogP contribution >= 0.6 is 0 Å². The van der Waals surface area contributed by atoms with Gasteiger partial charge in [0, 0.05) is 6.54 Å². The molecule has 0 fully saturated rings. The van der Waals surface area contributed by atoms with Crippen molar-refractivity contribution in [3.05, 3.63) is 35.4 Å². The number of rotatable bonds is 8. The van der Waals surface area contributed by atoms with Gasteiger partial charge in [-0.15, -0.1) is 0 Å². The molecule has 0 aliphatic heterocycles. The van der Waals surface area contributed by atoms with Gasteiger partial charge in [-0.25, -0.2) is 0 Å². The van der Waals surface area contributed by atoms with Crippen LogP contribution < -0.4 is 5.32 Å². The van der Waals surface area contributed by atoms with Gasteiger partial charge in [0.15, 0.2) is 0 Å². The second kappa shape index (κ2) is 8.23. The largest absolute Gasteiger partial charge is 0.376 e. The van der Waals surface area contributed by atoms with Gasteiger partial charge in [0.05, 0.1) is 25.9 Å². The third kappa shape index (κ3) is 6.41. The summed E-state index contributed by atoms with van der Waals surface area (Å²) in [6, 6.07) is 8.43. The molecule has 1 aromatic rings. The van der Waals surface area contributed by atoms with Gasteiger partial charge in [-0.2, -0.15) is 0 Å². The molecule has 0 atom stereocenters. The highest BCUT2D eigenvalue weighted by molar-refractivity contribution is 5.22. The molecule has 3 nitrogen and oxygen atoms in total. The van der Waals surface area contributed by atoms with Crippen LogP contribution in [0.25, 0.3) is 0 Å². The van der Waals surface area contributed by atoms with Crippen LogP contribution in [0.5, 0.6) is 0 Å². The Labute approximate surface area is 104 Å². The van der Waals surface area contributed by atoms with Crippen LogP contribution in [0.1, 0.15) is 25.0 Å². The van der Waals surface area contributed by atoms with E-state index in [9.17, 15) is 0 Å². The van der Waals surface area contributed by atoms with E-state index in [1.807, 2.05) is 20.9 Å². The Hall–Kier alpha value is -0.900. The second-order valence-electron chi connectivity index (χ2n) is 4.32. The number of hydrogen-bond acceptors (Lipinski definition) is 3. The van der Waals surface area contributed by atoms with E-state index in [0.29, 0.717) is 19.8 Å². The zero-order valence-corrected chi connectivity index (χ0v) is 11.0. The first-order valence-corrected chi connectivity index (χ1v) is 6.14. The van der Waals surface area contributed by atoms with Gasteiger partial charge in [0.25, 0.3) is 0 Å². The lowest BCUT2D eigenvalue weighted by Crippen LogP contribution is -2.09. The average Bonchev–Trinajstić information content (AvgIpc) is 2.29. The first-order chi connectivity index (χ1) is 8.22. The fraction of sp³-hybridized carbons (Fsp3) is 0.571. The first-order valence-electron chi connectivity index (χ1n) is 6.14. The minimum Gasteiger partial charge on any atom is -0.376 e. The highest BCUT2D eigenvalue weighted by Crippen LogP contribution is 2.06. The van der Waals surface area contributed by atoms with E-state index in [4.69, 9.17) is 9.47 Å². The molecular formula is C14H23NO2. The highest BCUT2D eigenvalue weighted by Gasteiger charge is 1.97. The fourth-order valence-electron chi connectivity index (χ4n) is 1.57. The smallest absolute Gasteiger partial charge is 0.0718 e. The lowest BCUT2D eigenvalue weighted by Gasteiger charge is -2.09. The zero-order valence-electron chi connectivity index (χ0n) is 11.0. The standard InChI is InChI=1S/C14H23NO2/c1-12(2)17-8-7-16-11-14-6-4-5-13(9-14)10-15-3/h4-6,9,12,15H,7-8,10-11H2,1-3H3. The zero-order chi connectivity index (χ0) is 12.5. The number of hydrogen-bond donors (Lipinski definition) is 1. The first kappa shape index (κ1) is 14.2. The summed E-state index contributed by atoms with van der Waals surface area (Å²) in [5.74, 6) is 0. The van der Waals surface area contributed by atoms with Gasteiger partial charge in [0.2, 0.25) is 0 Å². The normalized spacial score (nSPS) is 11.1. The predicted molar refractivity (Wildman–Crippen MR) is 69.9 cm³/mol. The van der Waals surface area contributed by atoms with Gasteiger partial charge in [0.1, 0.15) is 0 Å². The molecule has 0 aromatic heterocycles. The molecule has 0 heterocycles. The minimum absolute atomic E-state index is 0.276. The SMILES string of the molecule is CNCc1cccc(COCCOC(C)C)c1. The molecule has 0 aliphatic carbocycles. The summed E-state index contributed by atoms with van der Waals surface area (Å²) in [7, 11) is 1.95. The third-order valence-corrected chi connectivity index (χ3v) is 2.32. The molecule has 0 amide bonds. The summed E-state index contributed by atoms with van der Waals surface area (Å²) >= 11 is 0. The van der Waals surface area contributed by atoms with E-state index in [1.54, 1.807) is 0 Å². The summed E-state index contributed by atoms with van der Waals surface area (Å²) in [6.07, 6.45) is 0.276. The third-order valence-electron chi connectivity index (χ3n) is 2.32. The van der Waals surface area contributed by atoms with E-state index in [-0.39, 0.29) is 6.10 Å². The Bertz CT molecular complexity index is 313. The van der Waals surface area contributed by atoms with Crippen molar-refractivity contribution in [3.8, 4) is 0 Å². The lowest BCUT2D eigenvalue weighted by atomic mass is 10.1. The van der Waals surface area contributed by atoms with E-state index >= 15 is 0 Å². The summed E-state index contributed by atoms with van der Waals surface area (Å²) in [4.78, 5) is 0. The topological polar surface area (TPSA) is 30.5 Å². The van der Waals surface area contributed by atoms with Crippen LogP contribution in [0.4, 0.5) is 0 Å². The van der Waals surface area contributed by atoms with Crippen molar-refractivity contribution in [3.63, 3.8) is 0 Å². The molecule has 0 saturated carbocycles. The van der Waals surface area contributed by atoms with Crippen LogP contribution in [0.15, 0.2) is 24.3 Å². The predicted octanol–water partition coefficient (Wildman–Crippen LogP) is 2.35. The Morgan fingerprint density at radius 2 is 1.94 bits per heavy atom. The van der Waals surface area contributed by atoms with E-state index < -0.39 is 0 Å². The molecular weight excluding hydrogens is 214 g/mol. The van der Waals surface area contributed by atoms with Crippen LogP contribution in [0.2, 0.25) is 0 Å². The van der Waals surface area contributed by atoms with Crippen LogP contribution in [-0.4, -0.2) is 26.4 Å². The second-order valence-corrected chi connectivity index (χ2v) is 4.32. The maximum atomic E-state index is 5.56. The molecule has 0 saturated heterocycles. The maximum absolute atomic E-state index is 5.56. The summed E-state index contributed by atoms with van der Waals surface area (Å²) in [5.41, 5.74) is 2.49. The van der Waals surface area contributed by atoms with Crippen molar-refractivity contribution in [2.24, 2.45) is 0 Å². The maximum Gasteiger partial charge on any atom is 0.0718 e. The molecule has 0 bridgehead atoms. The molecule has 3 heteroatoms. The Balaban J connectivity index is 2.24. The molecule has 0 radical (unpaired) electrons. The van der Waals surface area contributed by atoms with Crippen LogP contribution in [0, 0.1) is 0 Å². The molecule has 1 N–H and O–H groups in total. The Morgan fingerprint density at radius 3 is 2.65 bits per heavy atom. The van der Waals surface area contributed by atoms with Crippen LogP contribution in [-0.2, 0) is 22.6 Å². The Morgan fingerprint density at radius 1 is 1.18 bits per heavy atom. The summed E-state index contributed by atoms with van der Waals surface area (Å²) in [6.45, 7) is 6.91. The van der Waals surface area contributed by atoms with Crippen molar-refractivity contribution < 1.29 is 9.47 Å². The molecule has 1 rings (SSSR count). The number of ether oxygens (including phenoxy) is 2. The number of nitrogens with one attached hydrogen (secondary N) is 1. The van der Waals surface area contributed by atoms with E-state index in [1.165, 1.54) is 11.1 Å². The van der Waals surface area contributed by atoms with Crippen LogP contribution in [0.3, 0.4) is 0 Å². The lowest BCUT2D eigenvalue weighted by molar-refractivity contribution is 0.0143. The molecule has 17 heavy (non-hydrogen) atoms. The van der Waals surface area contributed by atoms with Crippen molar-refractivity contribution >= 4 is 0 Å². The van der Waals surface area contributed by atoms with Gasteiger partial charge in [-0.3, -0.25) is 0 Å². The molecule has 96 valence electrons. The molecule has 0 aliphatic rings. The monoisotopic (exact) mass is 237 g/mol. The summed E-state index contributed by atoms with van der Waals surface area (Å²) < 4.78 is 11.0. The Kier molecular flexibility index (Phi) is 6.86. The summed E-state index contributed by atoms with van der Waals surface area (Å²) in [5, 5.41) is 3.14. The van der Waals surface area contributed by atoms with Crippen molar-refractivity contribution in [2.75, 3.05) is 20.3 Å². The fourth-order valence-corrected chi connectivity index (χ4v) is 1.57. The number of benzene rings is 1. The van der Waals surface area contributed by atoms with Gasteiger partial charge in [-0.05, 0) is 32.0 Å². The highest BCUT2D eigenvalue weighted by atomic mass is 16.5. The van der Waals surface area contributed by atoms with Gasteiger partial charge >= 0.3 is 0 Å². The van der Waals surface area contributed by atoms with Gasteiger partial charge < -0.3 is 14.8 Å². The van der Waals surface area contributed by atoms with Crippen molar-refractivity contribution in [1.82, 2.24) is 5.32 Å². The van der Waals surface area contributed by atoms with Crippen molar-refractivity contribution in [2.45, 2.75) is 33.1 Å². The molecule has 0 unspecified atom stereocenters.